The summed E-state index contributed by atoms with van der Waals surface area (Å²) < 4.78 is 5.90. The third-order valence-corrected chi connectivity index (χ3v) is 4.25. The van der Waals surface area contributed by atoms with Gasteiger partial charge in [0.15, 0.2) is 0 Å². The quantitative estimate of drug-likeness (QED) is 0.535. The zero-order chi connectivity index (χ0) is 20.3. The highest BCUT2D eigenvalue weighted by Crippen LogP contribution is 2.35. The number of hydrogen-bond acceptors (Lipinski definition) is 5. The Kier molecular flexibility index (Phi) is 5.51. The molecule has 3 amide bonds. The van der Waals surface area contributed by atoms with E-state index in [1.165, 1.54) is 32.4 Å². The topological polar surface area (TPSA) is 113 Å². The third-order valence-electron chi connectivity index (χ3n) is 3.93. The van der Waals surface area contributed by atoms with E-state index in [9.17, 15) is 14.7 Å². The van der Waals surface area contributed by atoms with E-state index in [2.05, 4.69) is 20.9 Å². The van der Waals surface area contributed by atoms with E-state index in [0.717, 1.165) is 0 Å². The molecule has 144 valence electrons. The lowest BCUT2D eigenvalue weighted by Crippen LogP contribution is -2.24. The molecule has 0 saturated heterocycles. The summed E-state index contributed by atoms with van der Waals surface area (Å²) in [5.41, 5.74) is 1.00. The molecule has 1 aromatic heterocycles. The van der Waals surface area contributed by atoms with Gasteiger partial charge in [0.1, 0.15) is 17.2 Å². The van der Waals surface area contributed by atoms with Crippen LogP contribution >= 0.6 is 11.6 Å². The van der Waals surface area contributed by atoms with E-state index in [-0.39, 0.29) is 11.3 Å². The summed E-state index contributed by atoms with van der Waals surface area (Å²) in [5.74, 6) is 0.249. The maximum atomic E-state index is 12.0. The van der Waals surface area contributed by atoms with Crippen molar-refractivity contribution < 1.29 is 19.4 Å². The zero-order valence-corrected chi connectivity index (χ0v) is 15.8. The smallest absolute Gasteiger partial charge is 0.319 e. The van der Waals surface area contributed by atoms with Crippen LogP contribution in [0.3, 0.4) is 0 Å². The number of fused-ring (bicyclic) bond motifs is 1. The first-order chi connectivity index (χ1) is 13.4. The number of halogens is 1. The minimum atomic E-state index is -0.429. The van der Waals surface area contributed by atoms with Gasteiger partial charge in [-0.15, -0.1) is 0 Å². The minimum Gasteiger partial charge on any atom is -0.507 e. The van der Waals surface area contributed by atoms with Crippen molar-refractivity contribution in [1.82, 2.24) is 15.6 Å². The number of phenolic OH excluding ortho intramolecular Hbond substituents is 1. The molecule has 4 N–H and O–H groups in total. The molecule has 8 nitrogen and oxygen atoms in total. The molecule has 1 heterocycles. The molecule has 3 aromatic rings. The number of carbonyl (C=O) groups is 2. The van der Waals surface area contributed by atoms with Crippen LogP contribution in [0.1, 0.15) is 10.4 Å². The number of urea groups is 1. The molecule has 0 spiro atoms. The monoisotopic (exact) mass is 400 g/mol. The summed E-state index contributed by atoms with van der Waals surface area (Å²) in [6.45, 7) is 0. The van der Waals surface area contributed by atoms with E-state index in [0.29, 0.717) is 33.1 Å². The number of phenols is 1. The van der Waals surface area contributed by atoms with Crippen molar-refractivity contribution in [1.29, 1.82) is 0 Å². The van der Waals surface area contributed by atoms with Gasteiger partial charge < -0.3 is 25.8 Å². The minimum absolute atomic E-state index is 0.107. The van der Waals surface area contributed by atoms with Gasteiger partial charge in [0.05, 0.1) is 21.8 Å². The Balaban J connectivity index is 1.97. The third kappa shape index (κ3) is 3.91. The number of pyridine rings is 1. The van der Waals surface area contributed by atoms with Gasteiger partial charge in [0.2, 0.25) is 0 Å². The molecule has 28 heavy (non-hydrogen) atoms. The first kappa shape index (κ1) is 19.2. The molecule has 3 rings (SSSR count). The van der Waals surface area contributed by atoms with Gasteiger partial charge in [-0.2, -0.15) is 0 Å². The summed E-state index contributed by atoms with van der Waals surface area (Å²) in [5, 5.41) is 18.4. The normalized spacial score (nSPS) is 10.4. The lowest BCUT2D eigenvalue weighted by Gasteiger charge is -2.12. The highest BCUT2D eigenvalue weighted by molar-refractivity contribution is 6.33. The maximum absolute atomic E-state index is 12.0. The first-order valence-corrected chi connectivity index (χ1v) is 8.60. The molecule has 0 bridgehead atoms. The summed E-state index contributed by atoms with van der Waals surface area (Å²) in [7, 11) is 2.98. The van der Waals surface area contributed by atoms with Gasteiger partial charge in [-0.3, -0.25) is 9.78 Å². The van der Waals surface area contributed by atoms with Crippen LogP contribution in [0, 0.1) is 0 Å². The van der Waals surface area contributed by atoms with Crippen LogP contribution in [0.5, 0.6) is 17.2 Å². The number of amides is 3. The largest absolute Gasteiger partial charge is 0.507 e. The Morgan fingerprint density at radius 2 is 1.89 bits per heavy atom. The van der Waals surface area contributed by atoms with Crippen LogP contribution in [0.4, 0.5) is 10.5 Å². The number of nitrogens with zero attached hydrogens (tertiary/aromatic N) is 1. The Morgan fingerprint density at radius 1 is 1.11 bits per heavy atom. The van der Waals surface area contributed by atoms with Gasteiger partial charge in [-0.05, 0) is 24.3 Å². The maximum Gasteiger partial charge on any atom is 0.319 e. The lowest BCUT2D eigenvalue weighted by molar-refractivity contribution is 0.0960. The Bertz CT molecular complexity index is 1070. The standard InChI is InChI=1S/C19H17ClN4O4/c1-21-18(26)12-8-11-15(9-16(12)25)23-6-5-17(11)28-10-3-4-14(13(20)7-10)24-19(27)22-2/h3-9,25H,1-2H3,(H,21,26)(H2,22,24,27). The fourth-order valence-electron chi connectivity index (χ4n) is 2.53. The number of ether oxygens (including phenoxy) is 1. The molecule has 2 aromatic carbocycles. The van der Waals surface area contributed by atoms with Crippen LogP contribution in [-0.4, -0.2) is 36.1 Å². The van der Waals surface area contributed by atoms with Crippen molar-refractivity contribution in [3.63, 3.8) is 0 Å². The molecule has 0 radical (unpaired) electrons. The summed E-state index contributed by atoms with van der Waals surface area (Å²) >= 11 is 6.20. The van der Waals surface area contributed by atoms with Gasteiger partial charge in [0.25, 0.3) is 5.91 Å². The Hall–Kier alpha value is -3.52. The van der Waals surface area contributed by atoms with Crippen molar-refractivity contribution in [2.45, 2.75) is 0 Å². The summed E-state index contributed by atoms with van der Waals surface area (Å²) in [6, 6.07) is 8.96. The fraction of sp³-hybridized carbons (Fsp3) is 0.105. The highest BCUT2D eigenvalue weighted by Gasteiger charge is 2.15. The molecular formula is C19H17ClN4O4. The van der Waals surface area contributed by atoms with Crippen molar-refractivity contribution in [3.8, 4) is 17.2 Å². The summed E-state index contributed by atoms with van der Waals surface area (Å²) in [4.78, 5) is 27.6. The number of anilines is 1. The van der Waals surface area contributed by atoms with Crippen LogP contribution in [-0.2, 0) is 0 Å². The SMILES string of the molecule is CNC(=O)Nc1ccc(Oc2ccnc3cc(O)c(C(=O)NC)cc23)cc1Cl. The van der Waals surface area contributed by atoms with Crippen molar-refractivity contribution >= 4 is 40.1 Å². The van der Waals surface area contributed by atoms with E-state index in [1.807, 2.05) is 0 Å². The molecule has 0 unspecified atom stereocenters. The molecular weight excluding hydrogens is 384 g/mol. The number of hydrogen-bond donors (Lipinski definition) is 4. The second-order valence-corrected chi connectivity index (χ2v) is 6.13. The average molecular weight is 401 g/mol. The van der Waals surface area contributed by atoms with Crippen LogP contribution in [0.25, 0.3) is 10.9 Å². The fourth-order valence-corrected chi connectivity index (χ4v) is 2.75. The van der Waals surface area contributed by atoms with Gasteiger partial charge >= 0.3 is 6.03 Å². The average Bonchev–Trinajstić information content (AvgIpc) is 2.69. The van der Waals surface area contributed by atoms with Crippen molar-refractivity contribution in [2.75, 3.05) is 19.4 Å². The van der Waals surface area contributed by atoms with Crippen molar-refractivity contribution in [2.24, 2.45) is 0 Å². The van der Waals surface area contributed by atoms with Gasteiger partial charge in [-0.25, -0.2) is 4.79 Å². The Labute approximate surface area is 165 Å². The molecule has 0 saturated carbocycles. The van der Waals surface area contributed by atoms with E-state index < -0.39 is 11.9 Å². The zero-order valence-electron chi connectivity index (χ0n) is 15.0. The number of aromatic hydroxyl groups is 1. The van der Waals surface area contributed by atoms with Crippen LogP contribution < -0.4 is 20.7 Å². The number of nitrogens with one attached hydrogen (secondary N) is 3. The number of rotatable bonds is 4. The van der Waals surface area contributed by atoms with Crippen LogP contribution in [0.15, 0.2) is 42.6 Å². The molecule has 0 atom stereocenters. The second-order valence-electron chi connectivity index (χ2n) is 5.72. The molecule has 9 heteroatoms. The molecule has 0 fully saturated rings. The van der Waals surface area contributed by atoms with Crippen molar-refractivity contribution in [3.05, 3.63) is 53.2 Å². The van der Waals surface area contributed by atoms with Gasteiger partial charge in [-0.1, -0.05) is 11.6 Å². The van der Waals surface area contributed by atoms with Crippen LogP contribution in [0.2, 0.25) is 5.02 Å². The number of aromatic nitrogens is 1. The number of carbonyl (C=O) groups excluding carboxylic acids is 2. The van der Waals surface area contributed by atoms with Gasteiger partial charge in [0, 0.05) is 37.8 Å². The second kappa shape index (κ2) is 8.01. The predicted octanol–water partition coefficient (Wildman–Crippen LogP) is 3.50. The summed E-state index contributed by atoms with van der Waals surface area (Å²) in [6.07, 6.45) is 1.53. The molecule has 0 aliphatic rings. The highest BCUT2D eigenvalue weighted by atomic mass is 35.5. The van der Waals surface area contributed by atoms with E-state index in [1.54, 1.807) is 24.3 Å². The Morgan fingerprint density at radius 3 is 2.57 bits per heavy atom. The van der Waals surface area contributed by atoms with E-state index >= 15 is 0 Å². The lowest BCUT2D eigenvalue weighted by atomic mass is 10.1. The number of benzene rings is 2. The predicted molar refractivity (Wildman–Crippen MR) is 106 cm³/mol. The van der Waals surface area contributed by atoms with E-state index in [4.69, 9.17) is 16.3 Å². The molecule has 0 aliphatic carbocycles. The molecule has 0 aliphatic heterocycles. The first-order valence-electron chi connectivity index (χ1n) is 8.23.